The molecule has 0 aliphatic carbocycles. The molecule has 1 rings (SSSR count). The van der Waals surface area contributed by atoms with E-state index in [4.69, 9.17) is 4.74 Å². The molecule has 0 aromatic rings. The van der Waals surface area contributed by atoms with Gasteiger partial charge in [0.2, 0.25) is 0 Å². The number of rotatable bonds is 7. The van der Waals surface area contributed by atoms with E-state index in [2.05, 4.69) is 17.1 Å². The first kappa shape index (κ1) is 15.9. The number of methoxy groups -OCH3 is 1. The molecule has 6 heteroatoms. The van der Waals surface area contributed by atoms with E-state index in [0.29, 0.717) is 18.6 Å². The Morgan fingerprint density at radius 3 is 2.72 bits per heavy atom. The fourth-order valence-corrected chi connectivity index (χ4v) is 2.74. The lowest BCUT2D eigenvalue weighted by molar-refractivity contribution is -0.00437. The van der Waals surface area contributed by atoms with Gasteiger partial charge in [-0.05, 0) is 18.9 Å². The Balaban J connectivity index is 2.13. The highest BCUT2D eigenvalue weighted by atomic mass is 32.2. The van der Waals surface area contributed by atoms with Crippen LogP contribution in [0.5, 0.6) is 0 Å². The van der Waals surface area contributed by atoms with Crippen molar-refractivity contribution >= 4 is 9.84 Å². The molecule has 0 saturated carbocycles. The average molecular weight is 278 g/mol. The number of likely N-dealkylation sites (tertiary alicyclic amines) is 1. The minimum Gasteiger partial charge on any atom is -0.380 e. The molecule has 0 aromatic heterocycles. The lowest BCUT2D eigenvalue weighted by Crippen LogP contribution is -2.46. The summed E-state index contributed by atoms with van der Waals surface area (Å²) in [5, 5.41) is 3.17. The smallest absolute Gasteiger partial charge is 0.148 e. The summed E-state index contributed by atoms with van der Waals surface area (Å²) in [6.07, 6.45) is 2.76. The Kier molecular flexibility index (Phi) is 6.55. The van der Waals surface area contributed by atoms with Crippen molar-refractivity contribution < 1.29 is 13.2 Å². The van der Waals surface area contributed by atoms with E-state index in [9.17, 15) is 8.42 Å². The molecule has 0 aromatic carbocycles. The molecule has 1 aliphatic heterocycles. The van der Waals surface area contributed by atoms with Gasteiger partial charge in [-0.15, -0.1) is 0 Å². The van der Waals surface area contributed by atoms with Gasteiger partial charge in [0.1, 0.15) is 9.84 Å². The molecule has 0 radical (unpaired) electrons. The van der Waals surface area contributed by atoms with E-state index < -0.39 is 9.84 Å². The Labute approximate surface area is 111 Å². The van der Waals surface area contributed by atoms with Crippen LogP contribution in [0.3, 0.4) is 0 Å². The minimum absolute atomic E-state index is 0.213. The van der Waals surface area contributed by atoms with Crippen molar-refractivity contribution in [1.29, 1.82) is 0 Å². The van der Waals surface area contributed by atoms with Crippen molar-refractivity contribution in [3.63, 3.8) is 0 Å². The van der Waals surface area contributed by atoms with E-state index in [-0.39, 0.29) is 5.75 Å². The molecule has 0 amide bonds. The van der Waals surface area contributed by atoms with Crippen LogP contribution in [-0.2, 0) is 14.6 Å². The maximum absolute atomic E-state index is 10.9. The zero-order chi connectivity index (χ0) is 13.6. The molecule has 1 N–H and O–H groups in total. The Bertz CT molecular complexity index is 332. The lowest BCUT2D eigenvalue weighted by Gasteiger charge is -2.36. The van der Waals surface area contributed by atoms with Crippen molar-refractivity contribution in [2.45, 2.75) is 19.4 Å². The van der Waals surface area contributed by atoms with Crippen LogP contribution in [-0.4, -0.2) is 71.3 Å². The van der Waals surface area contributed by atoms with Crippen molar-refractivity contribution in [1.82, 2.24) is 10.2 Å². The van der Waals surface area contributed by atoms with E-state index in [1.807, 2.05) is 0 Å². The van der Waals surface area contributed by atoms with Crippen LogP contribution in [0.25, 0.3) is 0 Å². The molecule has 18 heavy (non-hydrogen) atoms. The SMILES string of the molecule is COC1CN(CCNCCS(C)(=O)=O)CCC1C. The van der Waals surface area contributed by atoms with Gasteiger partial charge in [-0.3, -0.25) is 4.90 Å². The molecule has 2 atom stereocenters. The van der Waals surface area contributed by atoms with Crippen molar-refractivity contribution in [2.24, 2.45) is 5.92 Å². The molecule has 2 unspecified atom stereocenters. The highest BCUT2D eigenvalue weighted by Crippen LogP contribution is 2.18. The van der Waals surface area contributed by atoms with Crippen LogP contribution < -0.4 is 5.32 Å². The molecular formula is C12H26N2O3S. The first-order valence-corrected chi connectivity index (χ1v) is 8.62. The number of piperidine rings is 1. The van der Waals surface area contributed by atoms with Gasteiger partial charge >= 0.3 is 0 Å². The van der Waals surface area contributed by atoms with Crippen LogP contribution in [0.15, 0.2) is 0 Å². The topological polar surface area (TPSA) is 58.6 Å². The zero-order valence-electron chi connectivity index (χ0n) is 11.7. The van der Waals surface area contributed by atoms with Crippen molar-refractivity contribution in [3.8, 4) is 0 Å². The molecule has 0 bridgehead atoms. The van der Waals surface area contributed by atoms with E-state index in [1.54, 1.807) is 7.11 Å². The third-order valence-corrected chi connectivity index (χ3v) is 4.48. The van der Waals surface area contributed by atoms with E-state index >= 15 is 0 Å². The molecule has 1 heterocycles. The predicted octanol–water partition coefficient (Wildman–Crippen LogP) is -0.0226. The zero-order valence-corrected chi connectivity index (χ0v) is 12.5. The highest BCUT2D eigenvalue weighted by molar-refractivity contribution is 7.90. The second-order valence-electron chi connectivity index (χ2n) is 5.22. The Morgan fingerprint density at radius 1 is 1.39 bits per heavy atom. The van der Waals surface area contributed by atoms with Crippen LogP contribution in [0.4, 0.5) is 0 Å². The quantitative estimate of drug-likeness (QED) is 0.663. The highest BCUT2D eigenvalue weighted by Gasteiger charge is 2.25. The monoisotopic (exact) mass is 278 g/mol. The summed E-state index contributed by atoms with van der Waals surface area (Å²) in [4.78, 5) is 2.38. The normalized spacial score (nSPS) is 26.4. The van der Waals surface area contributed by atoms with E-state index in [0.717, 1.165) is 26.2 Å². The largest absolute Gasteiger partial charge is 0.380 e. The number of hydrogen-bond donors (Lipinski definition) is 1. The van der Waals surface area contributed by atoms with Crippen LogP contribution in [0.2, 0.25) is 0 Å². The van der Waals surface area contributed by atoms with Gasteiger partial charge in [0.05, 0.1) is 11.9 Å². The summed E-state index contributed by atoms with van der Waals surface area (Å²) in [5.74, 6) is 0.842. The predicted molar refractivity (Wildman–Crippen MR) is 73.6 cm³/mol. The standard InChI is InChI=1S/C12H26N2O3S/c1-11-4-7-14(10-12(11)17-2)8-5-13-6-9-18(3,15)16/h11-13H,4-10H2,1-3H3. The van der Waals surface area contributed by atoms with Gasteiger partial charge in [-0.2, -0.15) is 0 Å². The number of nitrogens with zero attached hydrogens (tertiary/aromatic N) is 1. The number of hydrogen-bond acceptors (Lipinski definition) is 5. The Morgan fingerprint density at radius 2 is 2.11 bits per heavy atom. The van der Waals surface area contributed by atoms with E-state index in [1.165, 1.54) is 12.7 Å². The third kappa shape index (κ3) is 6.13. The van der Waals surface area contributed by atoms with Gasteiger partial charge < -0.3 is 10.1 Å². The van der Waals surface area contributed by atoms with Crippen molar-refractivity contribution in [3.05, 3.63) is 0 Å². The van der Waals surface area contributed by atoms with Crippen LogP contribution >= 0.6 is 0 Å². The van der Waals surface area contributed by atoms with Gasteiger partial charge in [0.25, 0.3) is 0 Å². The summed E-state index contributed by atoms with van der Waals surface area (Å²) < 4.78 is 27.4. The number of ether oxygens (including phenoxy) is 1. The lowest BCUT2D eigenvalue weighted by atomic mass is 9.96. The average Bonchev–Trinajstić information content (AvgIpc) is 2.29. The van der Waals surface area contributed by atoms with Gasteiger partial charge in [0, 0.05) is 39.5 Å². The molecule has 108 valence electrons. The fraction of sp³-hybridized carbons (Fsp3) is 1.00. The third-order valence-electron chi connectivity index (χ3n) is 3.53. The second kappa shape index (κ2) is 7.43. The molecule has 0 spiro atoms. The fourth-order valence-electron chi connectivity index (χ4n) is 2.23. The molecule has 1 aliphatic rings. The molecule has 1 saturated heterocycles. The Hall–Kier alpha value is -0.170. The van der Waals surface area contributed by atoms with Gasteiger partial charge in [-0.25, -0.2) is 8.42 Å². The first-order chi connectivity index (χ1) is 8.42. The number of sulfone groups is 1. The van der Waals surface area contributed by atoms with Gasteiger partial charge in [-0.1, -0.05) is 6.92 Å². The molecular weight excluding hydrogens is 252 g/mol. The summed E-state index contributed by atoms with van der Waals surface area (Å²) in [5.41, 5.74) is 0. The maximum atomic E-state index is 10.9. The van der Waals surface area contributed by atoms with Crippen molar-refractivity contribution in [2.75, 3.05) is 51.8 Å². The van der Waals surface area contributed by atoms with Crippen LogP contribution in [0, 0.1) is 5.92 Å². The van der Waals surface area contributed by atoms with Crippen LogP contribution in [0.1, 0.15) is 13.3 Å². The molecule has 1 fully saturated rings. The van der Waals surface area contributed by atoms with Gasteiger partial charge in [0.15, 0.2) is 0 Å². The molecule has 5 nitrogen and oxygen atoms in total. The summed E-state index contributed by atoms with van der Waals surface area (Å²) in [6.45, 7) is 6.64. The summed E-state index contributed by atoms with van der Waals surface area (Å²) in [6, 6.07) is 0. The second-order valence-corrected chi connectivity index (χ2v) is 7.48. The summed E-state index contributed by atoms with van der Waals surface area (Å²) in [7, 11) is -1.07. The number of nitrogens with one attached hydrogen (secondary N) is 1. The maximum Gasteiger partial charge on any atom is 0.148 e. The minimum atomic E-state index is -2.85. The first-order valence-electron chi connectivity index (χ1n) is 6.56. The summed E-state index contributed by atoms with van der Waals surface area (Å²) >= 11 is 0.